The summed E-state index contributed by atoms with van der Waals surface area (Å²) in [6.45, 7) is 0.736. The summed E-state index contributed by atoms with van der Waals surface area (Å²) >= 11 is 0. The summed E-state index contributed by atoms with van der Waals surface area (Å²) in [5, 5.41) is 5.96. The van der Waals surface area contributed by atoms with Crippen molar-refractivity contribution < 1.29 is 23.0 Å². The van der Waals surface area contributed by atoms with Gasteiger partial charge in [-0.1, -0.05) is 0 Å². The van der Waals surface area contributed by atoms with Crippen LogP contribution in [0.15, 0.2) is 12.1 Å². The zero-order chi connectivity index (χ0) is 19.2. The van der Waals surface area contributed by atoms with E-state index in [9.17, 15) is 13.6 Å². The molecule has 1 aromatic rings. The van der Waals surface area contributed by atoms with Crippen molar-refractivity contribution in [1.29, 1.82) is 0 Å². The van der Waals surface area contributed by atoms with E-state index in [4.69, 9.17) is 9.47 Å². The quantitative estimate of drug-likeness (QED) is 0.761. The largest absolute Gasteiger partial charge is 0.496 e. The van der Waals surface area contributed by atoms with Crippen LogP contribution in [0.25, 0.3) is 0 Å². The maximum Gasteiger partial charge on any atom is 0.237 e. The molecule has 0 aromatic heterocycles. The molecule has 1 saturated carbocycles. The Morgan fingerprint density at radius 1 is 1.22 bits per heavy atom. The molecule has 150 valence electrons. The standard InChI is InChI=1S/C20H28F2N2O3/c1-26-18-10-19(27-15-6-4-13(11-21)5-7-15)16(22)9-14(18)12-24-20(25)17-3-2-8-23-17/h9-10,13,15,17,23H,2-8,11-12H2,1H3,(H,24,25)/t13?,15?,17-/m0/s1. The van der Waals surface area contributed by atoms with Crippen LogP contribution in [0.1, 0.15) is 44.1 Å². The van der Waals surface area contributed by atoms with Crippen LogP contribution in [0.3, 0.4) is 0 Å². The van der Waals surface area contributed by atoms with Crippen LogP contribution in [-0.2, 0) is 11.3 Å². The molecule has 1 saturated heterocycles. The van der Waals surface area contributed by atoms with Crippen LogP contribution in [-0.4, -0.2) is 38.4 Å². The Labute approximate surface area is 158 Å². The van der Waals surface area contributed by atoms with Gasteiger partial charge >= 0.3 is 0 Å². The van der Waals surface area contributed by atoms with Gasteiger partial charge in [-0.05, 0) is 57.1 Å². The first kappa shape index (κ1) is 19.9. The van der Waals surface area contributed by atoms with Crippen molar-refractivity contribution in [3.63, 3.8) is 0 Å². The number of hydrogen-bond acceptors (Lipinski definition) is 4. The van der Waals surface area contributed by atoms with Crippen molar-refractivity contribution in [2.75, 3.05) is 20.3 Å². The van der Waals surface area contributed by atoms with Gasteiger partial charge < -0.3 is 20.1 Å². The molecule has 2 aliphatic rings. The van der Waals surface area contributed by atoms with Gasteiger partial charge in [0.2, 0.25) is 5.91 Å². The highest BCUT2D eigenvalue weighted by molar-refractivity contribution is 5.82. The minimum Gasteiger partial charge on any atom is -0.496 e. The number of hydrogen-bond donors (Lipinski definition) is 2. The first-order valence-corrected chi connectivity index (χ1v) is 9.70. The van der Waals surface area contributed by atoms with Gasteiger partial charge in [0.1, 0.15) is 5.75 Å². The Morgan fingerprint density at radius 3 is 2.63 bits per heavy atom. The Hall–Kier alpha value is -1.89. The van der Waals surface area contributed by atoms with Crippen molar-refractivity contribution >= 4 is 5.91 Å². The number of alkyl halides is 1. The minimum atomic E-state index is -0.480. The lowest BCUT2D eigenvalue weighted by molar-refractivity contribution is -0.122. The van der Waals surface area contributed by atoms with E-state index in [1.54, 1.807) is 0 Å². The smallest absolute Gasteiger partial charge is 0.237 e. The highest BCUT2D eigenvalue weighted by Gasteiger charge is 2.25. The van der Waals surface area contributed by atoms with E-state index in [-0.39, 0.29) is 42.9 Å². The molecule has 0 spiro atoms. The third-order valence-corrected chi connectivity index (χ3v) is 5.47. The molecular weight excluding hydrogens is 354 g/mol. The average Bonchev–Trinajstić information content (AvgIpc) is 3.23. The molecule has 5 nitrogen and oxygen atoms in total. The van der Waals surface area contributed by atoms with E-state index in [2.05, 4.69) is 10.6 Å². The van der Waals surface area contributed by atoms with Crippen LogP contribution in [0.4, 0.5) is 8.78 Å². The number of methoxy groups -OCH3 is 1. The number of amides is 1. The molecule has 1 amide bonds. The molecule has 1 aliphatic heterocycles. The molecule has 0 bridgehead atoms. The van der Waals surface area contributed by atoms with E-state index in [0.717, 1.165) is 45.1 Å². The number of carbonyl (C=O) groups is 1. The highest BCUT2D eigenvalue weighted by Crippen LogP contribution is 2.32. The Bertz CT molecular complexity index is 642. The van der Waals surface area contributed by atoms with Gasteiger partial charge in [-0.25, -0.2) is 4.39 Å². The summed E-state index contributed by atoms with van der Waals surface area (Å²) in [4.78, 5) is 12.1. The van der Waals surface area contributed by atoms with Crippen molar-refractivity contribution in [3.8, 4) is 11.5 Å². The normalized spacial score (nSPS) is 25.2. The van der Waals surface area contributed by atoms with Crippen LogP contribution < -0.4 is 20.1 Å². The third kappa shape index (κ3) is 5.09. The van der Waals surface area contributed by atoms with Crippen molar-refractivity contribution in [2.24, 2.45) is 5.92 Å². The molecule has 3 rings (SSSR count). The van der Waals surface area contributed by atoms with Gasteiger partial charge in [0, 0.05) is 18.2 Å². The second-order valence-electron chi connectivity index (χ2n) is 7.38. The molecule has 1 atom stereocenters. The van der Waals surface area contributed by atoms with E-state index < -0.39 is 5.82 Å². The number of rotatable bonds is 7. The fraction of sp³-hybridized carbons (Fsp3) is 0.650. The highest BCUT2D eigenvalue weighted by atomic mass is 19.1. The molecule has 7 heteroatoms. The van der Waals surface area contributed by atoms with Gasteiger partial charge in [0.15, 0.2) is 11.6 Å². The maximum atomic E-state index is 14.5. The van der Waals surface area contributed by atoms with Gasteiger partial charge in [0.05, 0.1) is 25.9 Å². The summed E-state index contributed by atoms with van der Waals surface area (Å²) in [6, 6.07) is 2.71. The second kappa shape index (κ2) is 9.35. The molecular formula is C20H28F2N2O3. The van der Waals surface area contributed by atoms with Crippen molar-refractivity contribution in [3.05, 3.63) is 23.5 Å². The van der Waals surface area contributed by atoms with E-state index in [0.29, 0.717) is 11.3 Å². The van der Waals surface area contributed by atoms with E-state index in [1.165, 1.54) is 19.2 Å². The number of nitrogens with one attached hydrogen (secondary N) is 2. The molecule has 0 radical (unpaired) electrons. The van der Waals surface area contributed by atoms with E-state index >= 15 is 0 Å². The monoisotopic (exact) mass is 382 g/mol. The predicted molar refractivity (Wildman–Crippen MR) is 98.2 cm³/mol. The van der Waals surface area contributed by atoms with Gasteiger partial charge in [-0.3, -0.25) is 9.18 Å². The molecule has 1 aromatic carbocycles. The summed E-state index contributed by atoms with van der Waals surface area (Å²) in [6.07, 6.45) is 4.67. The van der Waals surface area contributed by atoms with Gasteiger partial charge in [-0.2, -0.15) is 0 Å². The van der Waals surface area contributed by atoms with Crippen molar-refractivity contribution in [2.45, 2.75) is 57.2 Å². The fourth-order valence-corrected chi connectivity index (χ4v) is 3.79. The summed E-state index contributed by atoms with van der Waals surface area (Å²) < 4.78 is 38.4. The van der Waals surface area contributed by atoms with E-state index in [1.807, 2.05) is 0 Å². The van der Waals surface area contributed by atoms with Crippen LogP contribution in [0.2, 0.25) is 0 Å². The Morgan fingerprint density at radius 2 is 2.00 bits per heavy atom. The molecule has 1 aliphatic carbocycles. The first-order chi connectivity index (χ1) is 13.1. The topological polar surface area (TPSA) is 59.6 Å². The predicted octanol–water partition coefficient (Wildman–Crippen LogP) is 3.11. The third-order valence-electron chi connectivity index (χ3n) is 5.47. The molecule has 0 unspecified atom stereocenters. The van der Waals surface area contributed by atoms with Crippen LogP contribution in [0, 0.1) is 11.7 Å². The zero-order valence-corrected chi connectivity index (χ0v) is 15.7. The lowest BCUT2D eigenvalue weighted by Gasteiger charge is -2.27. The number of benzene rings is 1. The van der Waals surface area contributed by atoms with Crippen LogP contribution in [0.5, 0.6) is 11.5 Å². The van der Waals surface area contributed by atoms with Crippen LogP contribution >= 0.6 is 0 Å². The maximum absolute atomic E-state index is 14.5. The first-order valence-electron chi connectivity index (χ1n) is 9.70. The number of halogens is 2. The molecule has 2 N–H and O–H groups in total. The van der Waals surface area contributed by atoms with Crippen molar-refractivity contribution in [1.82, 2.24) is 10.6 Å². The Kier molecular flexibility index (Phi) is 6.88. The van der Waals surface area contributed by atoms with Gasteiger partial charge in [-0.15, -0.1) is 0 Å². The Balaban J connectivity index is 1.61. The average molecular weight is 382 g/mol. The lowest BCUT2D eigenvalue weighted by Crippen LogP contribution is -2.40. The SMILES string of the molecule is COc1cc(OC2CCC(CF)CC2)c(F)cc1CNC(=O)[C@@H]1CCCN1. The number of carbonyl (C=O) groups excluding carboxylic acids is 1. The fourth-order valence-electron chi connectivity index (χ4n) is 3.79. The summed E-state index contributed by atoms with van der Waals surface area (Å²) in [5.41, 5.74) is 0.565. The second-order valence-corrected chi connectivity index (χ2v) is 7.38. The minimum absolute atomic E-state index is 0.0834. The lowest BCUT2D eigenvalue weighted by atomic mass is 9.88. The molecule has 1 heterocycles. The van der Waals surface area contributed by atoms with Gasteiger partial charge in [0.25, 0.3) is 0 Å². The molecule has 2 fully saturated rings. The zero-order valence-electron chi connectivity index (χ0n) is 15.7. The molecule has 27 heavy (non-hydrogen) atoms. The number of ether oxygens (including phenoxy) is 2. The summed E-state index contributed by atoms with van der Waals surface area (Å²) in [5.74, 6) is 0.155. The summed E-state index contributed by atoms with van der Waals surface area (Å²) in [7, 11) is 1.51.